The minimum Gasteiger partial charge on any atom is -0.465 e. The average molecular weight is 580 g/mol. The number of hydrogen-bond donors (Lipinski definition) is 1. The third kappa shape index (κ3) is 8.48. The lowest BCUT2D eigenvalue weighted by Crippen LogP contribution is -2.45. The van der Waals surface area contributed by atoms with Crippen molar-refractivity contribution in [3.05, 3.63) is 53.1 Å². The predicted octanol–water partition coefficient (Wildman–Crippen LogP) is 6.33. The van der Waals surface area contributed by atoms with Gasteiger partial charge in [-0.2, -0.15) is 0 Å². The third-order valence-electron chi connectivity index (χ3n) is 8.22. The molecule has 4 rings (SSSR count). The number of esters is 1. The van der Waals surface area contributed by atoms with E-state index in [1.807, 2.05) is 33.8 Å². The van der Waals surface area contributed by atoms with Crippen molar-refractivity contribution in [1.82, 2.24) is 10.2 Å². The first-order valence-electron chi connectivity index (χ1n) is 15.5. The number of amides is 1. The van der Waals surface area contributed by atoms with E-state index in [1.165, 1.54) is 12.7 Å². The van der Waals surface area contributed by atoms with Crippen LogP contribution in [0.15, 0.2) is 36.4 Å². The lowest BCUT2D eigenvalue weighted by Gasteiger charge is -2.39. The highest BCUT2D eigenvalue weighted by Gasteiger charge is 2.30. The van der Waals surface area contributed by atoms with Gasteiger partial charge < -0.3 is 24.4 Å². The summed E-state index contributed by atoms with van der Waals surface area (Å²) in [6.45, 7) is 15.1. The number of rotatable bonds is 9. The van der Waals surface area contributed by atoms with Crippen LogP contribution < -0.4 is 10.2 Å². The Morgan fingerprint density at radius 1 is 1.02 bits per heavy atom. The first-order chi connectivity index (χ1) is 20.1. The molecule has 0 atom stereocenters. The summed E-state index contributed by atoms with van der Waals surface area (Å²) >= 11 is 0. The van der Waals surface area contributed by atoms with E-state index in [0.717, 1.165) is 93.9 Å². The van der Waals surface area contributed by atoms with Crippen LogP contribution >= 0.6 is 0 Å². The summed E-state index contributed by atoms with van der Waals surface area (Å²) in [4.78, 5) is 30.2. The minimum absolute atomic E-state index is 0.105. The first-order valence-corrected chi connectivity index (χ1v) is 15.5. The van der Waals surface area contributed by atoms with Gasteiger partial charge in [-0.05, 0) is 94.2 Å². The number of ether oxygens (including phenoxy) is 3. The second kappa shape index (κ2) is 14.4. The van der Waals surface area contributed by atoms with E-state index in [9.17, 15) is 9.59 Å². The Hall–Kier alpha value is -3.10. The van der Waals surface area contributed by atoms with Gasteiger partial charge in [0.05, 0.1) is 25.9 Å². The van der Waals surface area contributed by atoms with Crippen LogP contribution in [-0.4, -0.2) is 74.6 Å². The molecular formula is C34H49N3O5. The molecule has 0 bridgehead atoms. The Labute approximate surface area is 251 Å². The molecule has 1 aliphatic carbocycles. The van der Waals surface area contributed by atoms with Gasteiger partial charge in [-0.15, -0.1) is 0 Å². The Bertz CT molecular complexity index is 1190. The van der Waals surface area contributed by atoms with E-state index in [4.69, 9.17) is 14.2 Å². The fourth-order valence-electron chi connectivity index (χ4n) is 6.05. The first kappa shape index (κ1) is 31.8. The number of alkyl carbamates (subject to hydrolysis) is 1. The SMILES string of the molecule is CCCN(c1cc(-c2ccc(CN3CCOCC3)cc2)cc(C(=O)OC)c1C)C1CCC(NC(=O)OC(C)(C)C)CC1. The Morgan fingerprint density at radius 2 is 1.69 bits per heavy atom. The summed E-state index contributed by atoms with van der Waals surface area (Å²) in [6, 6.07) is 13.3. The summed E-state index contributed by atoms with van der Waals surface area (Å²) in [5, 5.41) is 3.06. The number of hydrogen-bond acceptors (Lipinski definition) is 7. The zero-order valence-corrected chi connectivity index (χ0v) is 26.3. The van der Waals surface area contributed by atoms with Gasteiger partial charge in [0.25, 0.3) is 0 Å². The minimum atomic E-state index is -0.512. The number of morpholine rings is 1. The molecule has 0 unspecified atom stereocenters. The molecule has 230 valence electrons. The molecule has 1 N–H and O–H groups in total. The average Bonchev–Trinajstić information content (AvgIpc) is 2.96. The molecule has 8 heteroatoms. The number of carbonyl (C=O) groups excluding carboxylic acids is 2. The molecule has 0 aromatic heterocycles. The van der Waals surface area contributed by atoms with E-state index >= 15 is 0 Å². The highest BCUT2D eigenvalue weighted by Crippen LogP contribution is 2.36. The van der Waals surface area contributed by atoms with Gasteiger partial charge >= 0.3 is 12.1 Å². The van der Waals surface area contributed by atoms with Crippen molar-refractivity contribution in [2.75, 3.05) is 44.9 Å². The molecule has 1 aliphatic heterocycles. The highest BCUT2D eigenvalue weighted by atomic mass is 16.6. The number of methoxy groups -OCH3 is 1. The summed E-state index contributed by atoms with van der Waals surface area (Å²) in [5.41, 5.74) is 5.47. The second-order valence-electron chi connectivity index (χ2n) is 12.6. The quantitative estimate of drug-likeness (QED) is 0.348. The molecule has 1 saturated carbocycles. The second-order valence-corrected chi connectivity index (χ2v) is 12.6. The molecule has 1 heterocycles. The molecule has 0 radical (unpaired) electrons. The van der Waals surface area contributed by atoms with Gasteiger partial charge in [-0.1, -0.05) is 31.2 Å². The smallest absolute Gasteiger partial charge is 0.407 e. The van der Waals surface area contributed by atoms with Crippen molar-refractivity contribution < 1.29 is 23.8 Å². The van der Waals surface area contributed by atoms with Gasteiger partial charge in [0.15, 0.2) is 0 Å². The van der Waals surface area contributed by atoms with Crippen LogP contribution in [0.2, 0.25) is 0 Å². The fraction of sp³-hybridized carbons (Fsp3) is 0.588. The van der Waals surface area contributed by atoms with Crippen LogP contribution in [0, 0.1) is 6.92 Å². The van der Waals surface area contributed by atoms with Crippen LogP contribution in [0.5, 0.6) is 0 Å². The van der Waals surface area contributed by atoms with Crippen LogP contribution in [-0.2, 0) is 20.8 Å². The molecule has 2 aromatic carbocycles. The lowest BCUT2D eigenvalue weighted by atomic mass is 9.88. The van der Waals surface area contributed by atoms with Crippen LogP contribution in [0.25, 0.3) is 11.1 Å². The van der Waals surface area contributed by atoms with Crippen molar-refractivity contribution in [1.29, 1.82) is 0 Å². The van der Waals surface area contributed by atoms with Gasteiger partial charge in [-0.3, -0.25) is 4.90 Å². The molecule has 2 aliphatic rings. The zero-order valence-electron chi connectivity index (χ0n) is 26.3. The largest absolute Gasteiger partial charge is 0.465 e. The highest BCUT2D eigenvalue weighted by molar-refractivity contribution is 5.95. The topological polar surface area (TPSA) is 80.3 Å². The predicted molar refractivity (Wildman–Crippen MR) is 167 cm³/mol. The third-order valence-corrected chi connectivity index (χ3v) is 8.22. The van der Waals surface area contributed by atoms with Crippen molar-refractivity contribution in [2.24, 2.45) is 0 Å². The Balaban J connectivity index is 1.55. The van der Waals surface area contributed by atoms with Crippen molar-refractivity contribution >= 4 is 17.7 Å². The maximum atomic E-state index is 12.9. The molecule has 8 nitrogen and oxygen atoms in total. The Kier molecular flexibility index (Phi) is 10.9. The van der Waals surface area contributed by atoms with E-state index < -0.39 is 5.60 Å². The number of benzene rings is 2. The summed E-state index contributed by atoms with van der Waals surface area (Å²) in [6.07, 6.45) is 4.32. The maximum absolute atomic E-state index is 12.9. The van der Waals surface area contributed by atoms with Crippen LogP contribution in [0.4, 0.5) is 10.5 Å². The molecule has 1 amide bonds. The van der Waals surface area contributed by atoms with Crippen LogP contribution in [0.1, 0.15) is 81.3 Å². The lowest BCUT2D eigenvalue weighted by molar-refractivity contribution is 0.0342. The molecule has 1 saturated heterocycles. The van der Waals surface area contributed by atoms with Gasteiger partial charge in [0, 0.05) is 44.0 Å². The van der Waals surface area contributed by atoms with Crippen LogP contribution in [0.3, 0.4) is 0 Å². The molecule has 0 spiro atoms. The Morgan fingerprint density at radius 3 is 2.29 bits per heavy atom. The zero-order chi connectivity index (χ0) is 30.3. The standard InChI is InChI=1S/C34H49N3O5/c1-7-16-37(29-14-12-28(13-15-29)35-33(39)42-34(3,4)5)31-22-27(21-30(24(31)2)32(38)40-6)26-10-8-25(9-11-26)23-36-17-19-41-20-18-36/h8-11,21-22,28-29H,7,12-20,23H2,1-6H3,(H,35,39). The maximum Gasteiger partial charge on any atom is 0.407 e. The molecule has 2 aromatic rings. The van der Waals surface area contributed by atoms with Gasteiger partial charge in [0.1, 0.15) is 5.60 Å². The monoisotopic (exact) mass is 579 g/mol. The van der Waals surface area contributed by atoms with Crippen molar-refractivity contribution in [2.45, 2.75) is 91.0 Å². The van der Waals surface area contributed by atoms with Crippen molar-refractivity contribution in [3.8, 4) is 11.1 Å². The van der Waals surface area contributed by atoms with Gasteiger partial charge in [0.2, 0.25) is 0 Å². The molecular weight excluding hydrogens is 530 g/mol. The van der Waals surface area contributed by atoms with E-state index in [-0.39, 0.29) is 18.1 Å². The fourth-order valence-corrected chi connectivity index (χ4v) is 6.05. The summed E-state index contributed by atoms with van der Waals surface area (Å²) in [5.74, 6) is -0.318. The summed E-state index contributed by atoms with van der Waals surface area (Å²) in [7, 11) is 1.44. The van der Waals surface area contributed by atoms with E-state index in [0.29, 0.717) is 11.6 Å². The normalized spacial score (nSPS) is 19.7. The van der Waals surface area contributed by atoms with Crippen molar-refractivity contribution in [3.63, 3.8) is 0 Å². The number of carbonyl (C=O) groups is 2. The molecule has 2 fully saturated rings. The number of anilines is 1. The summed E-state index contributed by atoms with van der Waals surface area (Å²) < 4.78 is 16.2. The molecule has 42 heavy (non-hydrogen) atoms. The van der Waals surface area contributed by atoms with E-state index in [2.05, 4.69) is 52.4 Å². The number of nitrogens with one attached hydrogen (secondary N) is 1. The number of nitrogens with zero attached hydrogens (tertiary/aromatic N) is 2. The van der Waals surface area contributed by atoms with E-state index in [1.54, 1.807) is 0 Å². The van der Waals surface area contributed by atoms with Gasteiger partial charge in [-0.25, -0.2) is 9.59 Å².